The predicted molar refractivity (Wildman–Crippen MR) is 124 cm³/mol. The molecule has 0 saturated carbocycles. The number of para-hydroxylation sites is 1. The van der Waals surface area contributed by atoms with Crippen molar-refractivity contribution in [2.24, 2.45) is 0 Å². The van der Waals surface area contributed by atoms with Gasteiger partial charge in [0.2, 0.25) is 15.9 Å². The van der Waals surface area contributed by atoms with Gasteiger partial charge in [-0.1, -0.05) is 18.2 Å². The molecule has 2 aromatic carbocycles. The number of benzene rings is 2. The summed E-state index contributed by atoms with van der Waals surface area (Å²) in [5, 5.41) is 5.83. The second kappa shape index (κ2) is 11.2. The minimum Gasteiger partial charge on any atom is -0.353 e. The maximum absolute atomic E-state index is 13.0. The molecule has 3 rings (SSSR count). The Kier molecular flexibility index (Phi) is 8.40. The molecule has 0 aromatic heterocycles. The van der Waals surface area contributed by atoms with Crippen molar-refractivity contribution in [2.45, 2.75) is 36.6 Å². The van der Waals surface area contributed by atoms with Gasteiger partial charge in [-0.15, -0.1) is 0 Å². The van der Waals surface area contributed by atoms with Crippen LogP contribution in [0.5, 0.6) is 0 Å². The first-order chi connectivity index (χ1) is 15.8. The van der Waals surface area contributed by atoms with Crippen molar-refractivity contribution < 1.29 is 22.4 Å². The van der Waals surface area contributed by atoms with Gasteiger partial charge in [0.25, 0.3) is 0 Å². The van der Waals surface area contributed by atoms with E-state index in [1.54, 1.807) is 4.90 Å². The number of hydrogen-bond acceptors (Lipinski definition) is 4. The van der Waals surface area contributed by atoms with Gasteiger partial charge in [0.15, 0.2) is 0 Å². The summed E-state index contributed by atoms with van der Waals surface area (Å²) in [5.41, 5.74) is 0.740. The summed E-state index contributed by atoms with van der Waals surface area (Å²) in [5.74, 6) is -0.648. The fourth-order valence-electron chi connectivity index (χ4n) is 3.62. The number of amides is 3. The normalized spacial score (nSPS) is 14.8. The largest absolute Gasteiger partial charge is 0.353 e. The predicted octanol–water partition coefficient (Wildman–Crippen LogP) is 3.04. The summed E-state index contributed by atoms with van der Waals surface area (Å²) in [4.78, 5) is 26.4. The van der Waals surface area contributed by atoms with E-state index >= 15 is 0 Å². The molecule has 0 radical (unpaired) electrons. The quantitative estimate of drug-likeness (QED) is 0.612. The van der Waals surface area contributed by atoms with Crippen molar-refractivity contribution in [2.75, 3.05) is 32.0 Å². The third-order valence-electron chi connectivity index (χ3n) is 5.57. The van der Waals surface area contributed by atoms with E-state index in [0.717, 1.165) is 22.1 Å². The highest BCUT2D eigenvalue weighted by Gasteiger charge is 2.24. The molecule has 3 amide bonds. The molecule has 1 saturated heterocycles. The summed E-state index contributed by atoms with van der Waals surface area (Å²) >= 11 is 0. The molecular weight excluding hydrogens is 447 g/mol. The SMILES string of the molecule is CN(CCCC(=O)NC1CCN(C(=O)Nc2ccccc2)CC1)S(=O)(=O)c1ccc(F)cc1. The van der Waals surface area contributed by atoms with Crippen LogP contribution < -0.4 is 10.6 Å². The summed E-state index contributed by atoms with van der Waals surface area (Å²) in [6, 6.07) is 13.7. The molecular formula is C23H29FN4O4S. The average molecular weight is 477 g/mol. The molecule has 1 aliphatic rings. The number of halogens is 1. The van der Waals surface area contributed by atoms with Crippen LogP contribution in [0.25, 0.3) is 0 Å². The molecule has 1 heterocycles. The van der Waals surface area contributed by atoms with Crippen molar-refractivity contribution in [1.82, 2.24) is 14.5 Å². The van der Waals surface area contributed by atoms with E-state index in [1.165, 1.54) is 19.2 Å². The van der Waals surface area contributed by atoms with E-state index in [0.29, 0.717) is 32.4 Å². The van der Waals surface area contributed by atoms with Gasteiger partial charge in [-0.05, 0) is 55.7 Å². The number of anilines is 1. The molecule has 178 valence electrons. The fraction of sp³-hybridized carbons (Fsp3) is 0.391. The fourth-order valence-corrected chi connectivity index (χ4v) is 4.83. The lowest BCUT2D eigenvalue weighted by Crippen LogP contribution is -2.47. The third kappa shape index (κ3) is 7.00. The zero-order valence-corrected chi connectivity index (χ0v) is 19.4. The summed E-state index contributed by atoms with van der Waals surface area (Å²) in [6.45, 7) is 1.26. The number of carbonyl (C=O) groups is 2. The van der Waals surface area contributed by atoms with Crippen molar-refractivity contribution in [1.29, 1.82) is 0 Å². The molecule has 8 nitrogen and oxygen atoms in total. The second-order valence-electron chi connectivity index (χ2n) is 8.01. The van der Waals surface area contributed by atoms with E-state index in [1.807, 2.05) is 30.3 Å². The molecule has 2 N–H and O–H groups in total. The first-order valence-corrected chi connectivity index (χ1v) is 12.3. The van der Waals surface area contributed by atoms with Gasteiger partial charge in [0.05, 0.1) is 4.90 Å². The van der Waals surface area contributed by atoms with E-state index in [9.17, 15) is 22.4 Å². The Morgan fingerprint density at radius 3 is 2.33 bits per heavy atom. The van der Waals surface area contributed by atoms with E-state index in [2.05, 4.69) is 10.6 Å². The highest BCUT2D eigenvalue weighted by atomic mass is 32.2. The first kappa shape index (κ1) is 24.7. The molecule has 2 aromatic rings. The van der Waals surface area contributed by atoms with Gasteiger partial charge < -0.3 is 15.5 Å². The molecule has 0 aliphatic carbocycles. The zero-order chi connectivity index (χ0) is 23.8. The van der Waals surface area contributed by atoms with Crippen LogP contribution in [0.3, 0.4) is 0 Å². The lowest BCUT2D eigenvalue weighted by Gasteiger charge is -2.32. The molecule has 1 aliphatic heterocycles. The maximum Gasteiger partial charge on any atom is 0.321 e. The molecule has 0 bridgehead atoms. The molecule has 1 fully saturated rings. The lowest BCUT2D eigenvalue weighted by atomic mass is 10.0. The number of rotatable bonds is 8. The van der Waals surface area contributed by atoms with Gasteiger partial charge in [-0.3, -0.25) is 4.79 Å². The molecule has 33 heavy (non-hydrogen) atoms. The molecule has 0 spiro atoms. The monoisotopic (exact) mass is 476 g/mol. The highest BCUT2D eigenvalue weighted by Crippen LogP contribution is 2.16. The van der Waals surface area contributed by atoms with E-state index < -0.39 is 15.8 Å². The van der Waals surface area contributed by atoms with Crippen molar-refractivity contribution in [3.63, 3.8) is 0 Å². The average Bonchev–Trinajstić information content (AvgIpc) is 2.80. The Balaban J connectivity index is 1.36. The lowest BCUT2D eigenvalue weighted by molar-refractivity contribution is -0.122. The van der Waals surface area contributed by atoms with Crippen molar-refractivity contribution >= 4 is 27.6 Å². The minimum absolute atomic E-state index is 0.0129. The van der Waals surface area contributed by atoms with Gasteiger partial charge >= 0.3 is 6.03 Å². The van der Waals surface area contributed by atoms with Crippen LogP contribution in [-0.4, -0.2) is 62.3 Å². The van der Waals surface area contributed by atoms with Crippen LogP contribution in [0.2, 0.25) is 0 Å². The Hall–Kier alpha value is -2.98. The summed E-state index contributed by atoms with van der Waals surface area (Å²) in [6.07, 6.45) is 1.87. The summed E-state index contributed by atoms with van der Waals surface area (Å²) in [7, 11) is -2.29. The Labute approximate surface area is 193 Å². The van der Waals surface area contributed by atoms with Crippen LogP contribution in [0.1, 0.15) is 25.7 Å². The van der Waals surface area contributed by atoms with Crippen molar-refractivity contribution in [3.05, 3.63) is 60.4 Å². The molecule has 0 atom stereocenters. The number of carbonyl (C=O) groups excluding carboxylic acids is 2. The minimum atomic E-state index is -3.73. The van der Waals surface area contributed by atoms with Crippen molar-refractivity contribution in [3.8, 4) is 0 Å². The van der Waals surface area contributed by atoms with E-state index in [-0.39, 0.29) is 35.8 Å². The maximum atomic E-state index is 13.0. The van der Waals surface area contributed by atoms with Crippen LogP contribution in [0, 0.1) is 5.82 Å². The molecule has 10 heteroatoms. The standard InChI is InChI=1S/C23H29FN4O4S/c1-27(33(31,32)21-11-9-18(24)10-12-21)15-5-8-22(29)25-20-13-16-28(17-14-20)23(30)26-19-6-3-2-4-7-19/h2-4,6-7,9-12,20H,5,8,13-17H2,1H3,(H,25,29)(H,26,30). The number of nitrogens with one attached hydrogen (secondary N) is 2. The number of hydrogen-bond donors (Lipinski definition) is 2. The number of nitrogens with zero attached hydrogens (tertiary/aromatic N) is 2. The summed E-state index contributed by atoms with van der Waals surface area (Å²) < 4.78 is 39.2. The number of sulfonamides is 1. The van der Waals surface area contributed by atoms with Crippen LogP contribution in [-0.2, 0) is 14.8 Å². The highest BCUT2D eigenvalue weighted by molar-refractivity contribution is 7.89. The van der Waals surface area contributed by atoms with Gasteiger partial charge in [0.1, 0.15) is 5.82 Å². The number of urea groups is 1. The number of piperidine rings is 1. The Morgan fingerprint density at radius 2 is 1.70 bits per heavy atom. The van der Waals surface area contributed by atoms with Gasteiger partial charge in [-0.2, -0.15) is 0 Å². The Morgan fingerprint density at radius 1 is 1.06 bits per heavy atom. The topological polar surface area (TPSA) is 98.8 Å². The zero-order valence-electron chi connectivity index (χ0n) is 18.5. The van der Waals surface area contributed by atoms with Gasteiger partial charge in [0, 0.05) is 44.8 Å². The van der Waals surface area contributed by atoms with Crippen LogP contribution in [0.15, 0.2) is 59.5 Å². The third-order valence-corrected chi connectivity index (χ3v) is 7.44. The Bertz CT molecular complexity index is 1040. The first-order valence-electron chi connectivity index (χ1n) is 10.9. The second-order valence-corrected chi connectivity index (χ2v) is 10.1. The number of likely N-dealkylation sites (tertiary alicyclic amines) is 1. The van der Waals surface area contributed by atoms with Crippen LogP contribution >= 0.6 is 0 Å². The van der Waals surface area contributed by atoms with E-state index in [4.69, 9.17) is 0 Å². The molecule has 0 unspecified atom stereocenters. The van der Waals surface area contributed by atoms with Crippen LogP contribution in [0.4, 0.5) is 14.9 Å². The van der Waals surface area contributed by atoms with Gasteiger partial charge in [-0.25, -0.2) is 21.9 Å². The smallest absolute Gasteiger partial charge is 0.321 e.